The fraction of sp³-hybridized carbons (Fsp3) is 0.545. The quantitative estimate of drug-likeness (QED) is 0.713. The number of nitrogens with zero attached hydrogens (tertiary/aromatic N) is 1. The Bertz CT molecular complexity index is 323. The topological polar surface area (TPSA) is 33.0 Å². The smallest absolute Gasteiger partial charge is 0.117 e. The van der Waals surface area contributed by atoms with E-state index in [1.54, 1.807) is 11.8 Å². The van der Waals surface area contributed by atoms with E-state index in [0.717, 1.165) is 30.6 Å². The lowest BCUT2D eigenvalue weighted by molar-refractivity contribution is 0.207. The third-order valence-electron chi connectivity index (χ3n) is 2.36. The predicted octanol–water partition coefficient (Wildman–Crippen LogP) is 2.63. The molecule has 0 aromatic heterocycles. The highest BCUT2D eigenvalue weighted by molar-refractivity contribution is 7.99. The normalized spacial score (nSPS) is 26.1. The maximum atomic E-state index is 8.86. The van der Waals surface area contributed by atoms with Crippen LogP contribution in [0.25, 0.3) is 0 Å². The number of hydrogen-bond acceptors (Lipinski definition) is 3. The molecular weight excluding hydrogens is 194 g/mol. The van der Waals surface area contributed by atoms with Crippen LogP contribution in [0.5, 0.6) is 0 Å². The molecule has 74 valence electrons. The highest BCUT2D eigenvalue weighted by atomic mass is 32.2. The summed E-state index contributed by atoms with van der Waals surface area (Å²) in [6.07, 6.45) is 9.66. The van der Waals surface area contributed by atoms with Crippen LogP contribution in [0.15, 0.2) is 23.5 Å². The summed E-state index contributed by atoms with van der Waals surface area (Å²) in [5.41, 5.74) is 0.836. The van der Waals surface area contributed by atoms with Crippen LogP contribution in [0.3, 0.4) is 0 Å². The summed E-state index contributed by atoms with van der Waals surface area (Å²) in [5.74, 6) is 0.898. The molecule has 2 nitrogen and oxygen atoms in total. The average molecular weight is 207 g/mol. The molecule has 0 bridgehead atoms. The van der Waals surface area contributed by atoms with Crippen LogP contribution in [0, 0.1) is 11.3 Å². The van der Waals surface area contributed by atoms with Gasteiger partial charge in [-0.25, -0.2) is 0 Å². The van der Waals surface area contributed by atoms with E-state index in [4.69, 9.17) is 10.00 Å². The number of ether oxygens (including phenoxy) is 1. The second-order valence-corrected chi connectivity index (χ2v) is 4.72. The summed E-state index contributed by atoms with van der Waals surface area (Å²) in [7, 11) is 0. The third-order valence-corrected chi connectivity index (χ3v) is 3.27. The Morgan fingerprint density at radius 2 is 2.36 bits per heavy atom. The second kappa shape index (κ2) is 4.10. The standard InChI is InChI=1S/C11H13NOS/c1-14-11-5-8(7-12)4-10(6-11)13-9-2-3-9/h4,6,9,11H,2-3,5H2,1H3. The van der Waals surface area contributed by atoms with E-state index in [9.17, 15) is 0 Å². The number of hydrogen-bond donors (Lipinski definition) is 0. The number of thioether (sulfide) groups is 1. The molecule has 0 aromatic rings. The van der Waals surface area contributed by atoms with E-state index in [0.29, 0.717) is 11.4 Å². The average Bonchev–Trinajstić information content (AvgIpc) is 3.01. The lowest BCUT2D eigenvalue weighted by Gasteiger charge is -2.17. The molecule has 1 fully saturated rings. The van der Waals surface area contributed by atoms with Crippen LogP contribution < -0.4 is 0 Å². The van der Waals surface area contributed by atoms with Gasteiger partial charge in [0, 0.05) is 10.8 Å². The molecule has 0 N–H and O–H groups in total. The Labute approximate surface area is 88.6 Å². The minimum atomic E-state index is 0.406. The van der Waals surface area contributed by atoms with Crippen LogP contribution in [0.2, 0.25) is 0 Å². The van der Waals surface area contributed by atoms with Crippen molar-refractivity contribution in [2.24, 2.45) is 0 Å². The largest absolute Gasteiger partial charge is 0.491 e. The first-order chi connectivity index (χ1) is 6.81. The van der Waals surface area contributed by atoms with Crippen LogP contribution in [-0.4, -0.2) is 17.6 Å². The van der Waals surface area contributed by atoms with Gasteiger partial charge in [-0.1, -0.05) is 0 Å². The summed E-state index contributed by atoms with van der Waals surface area (Å²) >= 11 is 1.77. The summed E-state index contributed by atoms with van der Waals surface area (Å²) in [5, 5.41) is 9.27. The molecule has 0 amide bonds. The molecular formula is C11H13NOS. The number of allylic oxidation sites excluding steroid dienone is 2. The molecule has 14 heavy (non-hydrogen) atoms. The van der Waals surface area contributed by atoms with Gasteiger partial charge in [0.05, 0.1) is 12.2 Å². The van der Waals surface area contributed by atoms with Gasteiger partial charge >= 0.3 is 0 Å². The molecule has 2 aliphatic rings. The van der Waals surface area contributed by atoms with Crippen molar-refractivity contribution in [2.45, 2.75) is 30.6 Å². The Balaban J connectivity index is 2.07. The van der Waals surface area contributed by atoms with Gasteiger partial charge in [-0.15, -0.1) is 0 Å². The molecule has 0 aromatic carbocycles. The molecule has 0 aliphatic heterocycles. The van der Waals surface area contributed by atoms with Crippen LogP contribution >= 0.6 is 11.8 Å². The fourth-order valence-electron chi connectivity index (χ4n) is 1.42. The lowest BCUT2D eigenvalue weighted by atomic mass is 10.1. The molecule has 0 heterocycles. The van der Waals surface area contributed by atoms with Crippen molar-refractivity contribution in [1.82, 2.24) is 0 Å². The van der Waals surface area contributed by atoms with Gasteiger partial charge in [0.2, 0.25) is 0 Å². The minimum Gasteiger partial charge on any atom is -0.491 e. The Kier molecular flexibility index (Phi) is 2.83. The van der Waals surface area contributed by atoms with Gasteiger partial charge in [0.25, 0.3) is 0 Å². The van der Waals surface area contributed by atoms with Gasteiger partial charge in [0.1, 0.15) is 5.76 Å². The molecule has 1 atom stereocenters. The van der Waals surface area contributed by atoms with Crippen molar-refractivity contribution in [3.63, 3.8) is 0 Å². The van der Waals surface area contributed by atoms with Gasteiger partial charge in [0.15, 0.2) is 0 Å². The van der Waals surface area contributed by atoms with E-state index in [1.165, 1.54) is 0 Å². The molecule has 3 heteroatoms. The van der Waals surface area contributed by atoms with Gasteiger partial charge < -0.3 is 4.74 Å². The number of rotatable bonds is 3. The predicted molar refractivity (Wildman–Crippen MR) is 57.8 cm³/mol. The first kappa shape index (κ1) is 9.67. The maximum absolute atomic E-state index is 8.86. The first-order valence-corrected chi connectivity index (χ1v) is 6.12. The zero-order chi connectivity index (χ0) is 9.97. The maximum Gasteiger partial charge on any atom is 0.117 e. The monoisotopic (exact) mass is 207 g/mol. The molecule has 0 saturated heterocycles. The van der Waals surface area contributed by atoms with E-state index in [2.05, 4.69) is 18.4 Å². The lowest BCUT2D eigenvalue weighted by Crippen LogP contribution is -2.08. The third kappa shape index (κ3) is 2.33. The van der Waals surface area contributed by atoms with Crippen molar-refractivity contribution < 1.29 is 4.74 Å². The van der Waals surface area contributed by atoms with Crippen molar-refractivity contribution in [3.05, 3.63) is 23.5 Å². The molecule has 1 unspecified atom stereocenters. The Hall–Kier alpha value is -0.880. The SMILES string of the molecule is CSC1C=C(OC2CC2)C=C(C#N)C1. The first-order valence-electron chi connectivity index (χ1n) is 4.84. The van der Waals surface area contributed by atoms with Crippen LogP contribution in [0.1, 0.15) is 19.3 Å². The van der Waals surface area contributed by atoms with Crippen molar-refractivity contribution in [1.29, 1.82) is 5.26 Å². The highest BCUT2D eigenvalue weighted by Crippen LogP contribution is 2.31. The Morgan fingerprint density at radius 1 is 1.57 bits per heavy atom. The molecule has 2 aliphatic carbocycles. The zero-order valence-electron chi connectivity index (χ0n) is 8.19. The van der Waals surface area contributed by atoms with E-state index < -0.39 is 0 Å². The van der Waals surface area contributed by atoms with Gasteiger partial charge in [-0.2, -0.15) is 17.0 Å². The van der Waals surface area contributed by atoms with Crippen molar-refractivity contribution in [3.8, 4) is 6.07 Å². The minimum absolute atomic E-state index is 0.406. The fourth-order valence-corrected chi connectivity index (χ4v) is 2.04. The molecule has 2 rings (SSSR count). The van der Waals surface area contributed by atoms with E-state index in [1.807, 2.05) is 6.08 Å². The summed E-state index contributed by atoms with van der Waals surface area (Å²) in [4.78, 5) is 0. The highest BCUT2D eigenvalue weighted by Gasteiger charge is 2.25. The summed E-state index contributed by atoms with van der Waals surface area (Å²) < 4.78 is 5.69. The van der Waals surface area contributed by atoms with Crippen molar-refractivity contribution >= 4 is 11.8 Å². The zero-order valence-corrected chi connectivity index (χ0v) is 9.01. The Morgan fingerprint density at radius 3 is 2.93 bits per heavy atom. The van der Waals surface area contributed by atoms with Gasteiger partial charge in [-0.05, 0) is 37.7 Å². The van der Waals surface area contributed by atoms with Gasteiger partial charge in [-0.3, -0.25) is 0 Å². The summed E-state index contributed by atoms with van der Waals surface area (Å²) in [6.45, 7) is 0. The molecule has 1 saturated carbocycles. The number of nitriles is 1. The van der Waals surface area contributed by atoms with E-state index in [-0.39, 0.29) is 0 Å². The van der Waals surface area contributed by atoms with E-state index >= 15 is 0 Å². The summed E-state index contributed by atoms with van der Waals surface area (Å²) in [6, 6.07) is 2.22. The van der Waals surface area contributed by atoms with Crippen LogP contribution in [-0.2, 0) is 4.74 Å². The molecule has 0 radical (unpaired) electrons. The second-order valence-electron chi connectivity index (χ2n) is 3.65. The van der Waals surface area contributed by atoms with Crippen molar-refractivity contribution in [2.75, 3.05) is 6.26 Å². The van der Waals surface area contributed by atoms with Crippen LogP contribution in [0.4, 0.5) is 0 Å². The molecule has 0 spiro atoms.